The highest BCUT2D eigenvalue weighted by atomic mass is 79.9. The van der Waals surface area contributed by atoms with E-state index in [0.717, 1.165) is 6.07 Å². The number of amides is 2. The first-order chi connectivity index (χ1) is 20.2. The van der Waals surface area contributed by atoms with Crippen LogP contribution in [0.2, 0.25) is 5.02 Å². The number of carbonyl (C=O) groups is 2. The second-order valence-corrected chi connectivity index (χ2v) is 10.2. The molecule has 0 fully saturated rings. The number of nitrogens with one attached hydrogen (secondary N) is 2. The molecule has 0 spiro atoms. The first-order valence-corrected chi connectivity index (χ1v) is 12.7. The van der Waals surface area contributed by atoms with Gasteiger partial charge in [-0.15, -0.1) is 0 Å². The normalized spacial score (nSPS) is 13.3. The fraction of sp³-hybridized carbons (Fsp3) is 0.185. The van der Waals surface area contributed by atoms with E-state index in [2.05, 4.69) is 26.6 Å². The van der Waals surface area contributed by atoms with Crippen molar-refractivity contribution in [1.82, 2.24) is 0 Å². The summed E-state index contributed by atoms with van der Waals surface area (Å²) < 4.78 is 121. The van der Waals surface area contributed by atoms with Crippen LogP contribution in [0.25, 0.3) is 0 Å². The Hall–Kier alpha value is -4.28. The summed E-state index contributed by atoms with van der Waals surface area (Å²) in [6, 6.07) is 11.1. The minimum Gasteiger partial charge on any atom is -0.321 e. The lowest BCUT2D eigenvalue weighted by Crippen LogP contribution is -2.59. The number of nitriles is 2. The molecule has 17 heteroatoms. The number of nitrogens with zero attached hydrogens (tertiary/aromatic N) is 2. The van der Waals surface area contributed by atoms with Gasteiger partial charge in [0.15, 0.2) is 0 Å². The number of aryl methyl sites for hydroxylation is 1. The third kappa shape index (κ3) is 6.05. The van der Waals surface area contributed by atoms with E-state index in [1.165, 1.54) is 30.3 Å². The molecule has 1 unspecified atom stereocenters. The van der Waals surface area contributed by atoms with Crippen LogP contribution in [-0.2, 0) is 5.67 Å². The summed E-state index contributed by atoms with van der Waals surface area (Å²) in [5, 5.41) is 22.1. The zero-order chi connectivity index (χ0) is 33.4. The molecule has 0 aromatic heterocycles. The highest BCUT2D eigenvalue weighted by Crippen LogP contribution is 2.59. The molecule has 2 N–H and O–H groups in total. The van der Waals surface area contributed by atoms with Gasteiger partial charge in [0.2, 0.25) is 0 Å². The quantitative estimate of drug-likeness (QED) is 0.250. The maximum absolute atomic E-state index is 14.9. The Morgan fingerprint density at radius 2 is 1.43 bits per heavy atom. The highest BCUT2D eigenvalue weighted by Gasteiger charge is 2.81. The predicted octanol–water partition coefficient (Wildman–Crippen LogP) is 8.58. The lowest BCUT2D eigenvalue weighted by molar-refractivity contribution is -0.389. The molecule has 44 heavy (non-hydrogen) atoms. The highest BCUT2D eigenvalue weighted by molar-refractivity contribution is 9.10. The molecule has 2 amide bonds. The standard InChI is InChI=1S/C27H13BrClF9N4O2/c1-12-7-13(10-39)5-6-15(12)22(43)41-20-4-2-3-16(17(20)11-40)23(44)42-21-18(28)8-14(9-19(21)29)24(30,26(33,34)35)25(31,32)27(36,37)38/h2-9H,1H3,(H,41,43)(H,42,44). The van der Waals surface area contributed by atoms with E-state index in [4.69, 9.17) is 16.9 Å². The van der Waals surface area contributed by atoms with Crippen LogP contribution in [0.4, 0.5) is 50.9 Å². The van der Waals surface area contributed by atoms with Crippen molar-refractivity contribution < 1.29 is 49.1 Å². The third-order valence-corrected chi connectivity index (χ3v) is 7.05. The van der Waals surface area contributed by atoms with Crippen molar-refractivity contribution in [2.45, 2.75) is 30.9 Å². The number of benzene rings is 3. The Morgan fingerprint density at radius 3 is 1.93 bits per heavy atom. The van der Waals surface area contributed by atoms with Gasteiger partial charge in [0.25, 0.3) is 11.8 Å². The van der Waals surface area contributed by atoms with Gasteiger partial charge in [-0.1, -0.05) is 17.7 Å². The van der Waals surface area contributed by atoms with Gasteiger partial charge >= 0.3 is 23.9 Å². The number of anilines is 2. The topological polar surface area (TPSA) is 106 Å². The van der Waals surface area contributed by atoms with Gasteiger partial charge < -0.3 is 10.6 Å². The lowest BCUT2D eigenvalue weighted by atomic mass is 9.87. The van der Waals surface area contributed by atoms with Crippen LogP contribution in [0, 0.1) is 29.6 Å². The number of hydrogen-bond acceptors (Lipinski definition) is 4. The third-order valence-electron chi connectivity index (χ3n) is 6.13. The number of hydrogen-bond donors (Lipinski definition) is 2. The Morgan fingerprint density at radius 1 is 0.818 bits per heavy atom. The van der Waals surface area contributed by atoms with E-state index >= 15 is 0 Å². The summed E-state index contributed by atoms with van der Waals surface area (Å²) in [6.45, 7) is 1.55. The summed E-state index contributed by atoms with van der Waals surface area (Å²) in [5.41, 5.74) is -9.39. The fourth-order valence-corrected chi connectivity index (χ4v) is 4.87. The van der Waals surface area contributed by atoms with Gasteiger partial charge in [-0.25, -0.2) is 4.39 Å². The molecular weight excluding hydrogens is 699 g/mol. The average molecular weight is 712 g/mol. The molecular formula is C27H13BrClF9N4O2. The first-order valence-electron chi connectivity index (χ1n) is 11.6. The van der Waals surface area contributed by atoms with Crippen LogP contribution in [0.5, 0.6) is 0 Å². The van der Waals surface area contributed by atoms with Gasteiger partial charge in [-0.3, -0.25) is 9.59 Å². The van der Waals surface area contributed by atoms with Crippen LogP contribution in [0.1, 0.15) is 43.0 Å². The molecule has 3 aromatic rings. The Labute approximate surface area is 255 Å². The summed E-state index contributed by atoms with van der Waals surface area (Å²) in [6.07, 6.45) is -13.7. The minimum absolute atomic E-state index is 0.0591. The molecule has 3 rings (SSSR count). The largest absolute Gasteiger partial charge is 0.457 e. The molecule has 0 aliphatic heterocycles. The number of halogens is 11. The maximum atomic E-state index is 14.9. The number of alkyl halides is 9. The average Bonchev–Trinajstić information content (AvgIpc) is 2.92. The van der Waals surface area contributed by atoms with Crippen molar-refractivity contribution >= 4 is 50.7 Å². The van der Waals surface area contributed by atoms with E-state index in [-0.39, 0.29) is 28.9 Å². The molecule has 0 saturated heterocycles. The smallest absolute Gasteiger partial charge is 0.321 e. The van der Waals surface area contributed by atoms with Gasteiger partial charge in [0.05, 0.1) is 39.2 Å². The minimum atomic E-state index is -6.96. The number of rotatable bonds is 6. The van der Waals surface area contributed by atoms with Crippen molar-refractivity contribution in [2.24, 2.45) is 0 Å². The maximum Gasteiger partial charge on any atom is 0.457 e. The summed E-state index contributed by atoms with van der Waals surface area (Å²) in [5.74, 6) is -8.86. The zero-order valence-corrected chi connectivity index (χ0v) is 23.8. The molecule has 0 aliphatic rings. The van der Waals surface area contributed by atoms with Crippen LogP contribution in [0.15, 0.2) is 53.0 Å². The van der Waals surface area contributed by atoms with Gasteiger partial charge in [-0.05, 0) is 70.9 Å². The first kappa shape index (κ1) is 34.2. The van der Waals surface area contributed by atoms with Gasteiger partial charge in [0.1, 0.15) is 6.07 Å². The SMILES string of the molecule is Cc1cc(C#N)ccc1C(=O)Nc1cccc(C(=O)Nc2c(Cl)cc(C(F)(C(F)(F)F)C(F)(F)C(F)(F)F)cc2Br)c1C#N. The monoisotopic (exact) mass is 710 g/mol. The van der Waals surface area contributed by atoms with Crippen molar-refractivity contribution in [3.63, 3.8) is 0 Å². The molecule has 0 bridgehead atoms. The van der Waals surface area contributed by atoms with Gasteiger partial charge in [0, 0.05) is 15.6 Å². The second kappa shape index (κ2) is 12.0. The Bertz CT molecular complexity index is 1720. The summed E-state index contributed by atoms with van der Waals surface area (Å²) in [7, 11) is 0. The Kier molecular flexibility index (Phi) is 9.34. The molecule has 6 nitrogen and oxygen atoms in total. The van der Waals surface area contributed by atoms with Crippen LogP contribution < -0.4 is 10.6 Å². The second-order valence-electron chi connectivity index (χ2n) is 8.93. The van der Waals surface area contributed by atoms with Crippen molar-refractivity contribution in [1.29, 1.82) is 10.5 Å². The van der Waals surface area contributed by atoms with E-state index in [0.29, 0.717) is 5.56 Å². The zero-order valence-electron chi connectivity index (χ0n) is 21.5. The number of carbonyl (C=O) groups excluding carboxylic acids is 2. The lowest BCUT2D eigenvalue weighted by Gasteiger charge is -2.36. The summed E-state index contributed by atoms with van der Waals surface area (Å²) >= 11 is 8.42. The van der Waals surface area contributed by atoms with E-state index < -0.39 is 67.6 Å². The molecule has 0 aliphatic carbocycles. The molecule has 0 heterocycles. The molecule has 3 aromatic carbocycles. The molecule has 1 atom stereocenters. The molecule has 0 saturated carbocycles. The van der Waals surface area contributed by atoms with Crippen molar-refractivity contribution in [3.8, 4) is 12.1 Å². The van der Waals surface area contributed by atoms with E-state index in [1.54, 1.807) is 13.0 Å². The van der Waals surface area contributed by atoms with Crippen LogP contribution in [0.3, 0.4) is 0 Å². The fourth-order valence-electron chi connectivity index (χ4n) is 3.93. The van der Waals surface area contributed by atoms with E-state index in [1.807, 2.05) is 6.07 Å². The van der Waals surface area contributed by atoms with Crippen LogP contribution in [-0.4, -0.2) is 30.1 Å². The molecule has 230 valence electrons. The predicted molar refractivity (Wildman–Crippen MR) is 142 cm³/mol. The van der Waals surface area contributed by atoms with Crippen LogP contribution >= 0.6 is 27.5 Å². The van der Waals surface area contributed by atoms with Gasteiger partial charge in [-0.2, -0.15) is 45.6 Å². The van der Waals surface area contributed by atoms with E-state index in [9.17, 15) is 54.4 Å². The Balaban J connectivity index is 2.00. The molecule has 0 radical (unpaired) electrons. The summed E-state index contributed by atoms with van der Waals surface area (Å²) in [4.78, 5) is 25.9. The van der Waals surface area contributed by atoms with Crippen molar-refractivity contribution in [3.05, 3.63) is 91.4 Å². The van der Waals surface area contributed by atoms with Crippen molar-refractivity contribution in [2.75, 3.05) is 10.6 Å².